The molecule has 134 valence electrons. The van der Waals surface area contributed by atoms with E-state index in [9.17, 15) is 0 Å². The van der Waals surface area contributed by atoms with Gasteiger partial charge in [0.15, 0.2) is 0 Å². The minimum Gasteiger partial charge on any atom is -0.371 e. The molecule has 0 radical (unpaired) electrons. The van der Waals surface area contributed by atoms with E-state index in [2.05, 4.69) is 58.6 Å². The van der Waals surface area contributed by atoms with E-state index in [4.69, 9.17) is 4.98 Å². The van der Waals surface area contributed by atoms with E-state index in [1.165, 1.54) is 11.1 Å². The number of anilines is 1. The summed E-state index contributed by atoms with van der Waals surface area (Å²) in [6.45, 7) is 2.81. The predicted octanol–water partition coefficient (Wildman–Crippen LogP) is 5.11. The van der Waals surface area contributed by atoms with Crippen LogP contribution in [0, 0.1) is 6.92 Å². The number of hydrogen-bond acceptors (Lipinski definition) is 5. The minimum atomic E-state index is 0.711. The summed E-state index contributed by atoms with van der Waals surface area (Å²) in [6.07, 6.45) is 4.40. The molecule has 0 unspecified atom stereocenters. The van der Waals surface area contributed by atoms with Crippen molar-refractivity contribution < 1.29 is 0 Å². The fourth-order valence-electron chi connectivity index (χ4n) is 2.88. The first-order chi connectivity index (χ1) is 13.3. The predicted molar refractivity (Wildman–Crippen MR) is 111 cm³/mol. The summed E-state index contributed by atoms with van der Waals surface area (Å²) in [6, 6.07) is 20.6. The number of thiophene rings is 1. The van der Waals surface area contributed by atoms with Crippen LogP contribution in [0.1, 0.15) is 22.6 Å². The number of aromatic nitrogens is 3. The van der Waals surface area contributed by atoms with Gasteiger partial charge in [-0.2, -0.15) is 0 Å². The van der Waals surface area contributed by atoms with Gasteiger partial charge < -0.3 is 5.32 Å². The van der Waals surface area contributed by atoms with Crippen LogP contribution in [0.3, 0.4) is 0 Å². The Bertz CT molecular complexity index is 1030. The zero-order valence-electron chi connectivity index (χ0n) is 15.1. The first kappa shape index (κ1) is 17.4. The topological polar surface area (TPSA) is 50.7 Å². The van der Waals surface area contributed by atoms with Crippen molar-refractivity contribution >= 4 is 16.3 Å². The van der Waals surface area contributed by atoms with Crippen LogP contribution in [0.4, 0.5) is 5.00 Å². The minimum absolute atomic E-state index is 0.711. The van der Waals surface area contributed by atoms with Gasteiger partial charge in [0.05, 0.1) is 27.8 Å². The highest BCUT2D eigenvalue weighted by atomic mass is 32.1. The van der Waals surface area contributed by atoms with Crippen molar-refractivity contribution in [1.29, 1.82) is 0 Å². The summed E-state index contributed by atoms with van der Waals surface area (Å²) in [5.41, 5.74) is 4.47. The lowest BCUT2D eigenvalue weighted by atomic mass is 10.1. The molecule has 27 heavy (non-hydrogen) atoms. The van der Waals surface area contributed by atoms with Crippen LogP contribution >= 0.6 is 11.3 Å². The van der Waals surface area contributed by atoms with E-state index >= 15 is 0 Å². The Morgan fingerprint density at radius 1 is 0.926 bits per heavy atom. The third kappa shape index (κ3) is 4.57. The second kappa shape index (κ2) is 8.10. The van der Waals surface area contributed by atoms with Gasteiger partial charge in [-0.05, 0) is 42.8 Å². The normalized spacial score (nSPS) is 10.7. The molecule has 0 aliphatic rings. The molecule has 0 aliphatic heterocycles. The van der Waals surface area contributed by atoms with Gasteiger partial charge in [-0.1, -0.05) is 35.9 Å². The summed E-state index contributed by atoms with van der Waals surface area (Å²) in [5.74, 6) is 0.842. The molecule has 3 aromatic heterocycles. The Morgan fingerprint density at radius 3 is 2.74 bits per heavy atom. The number of nitrogens with zero attached hydrogens (tertiary/aromatic N) is 3. The highest BCUT2D eigenvalue weighted by Crippen LogP contribution is 2.30. The molecule has 1 N–H and O–H groups in total. The fraction of sp³-hybridized carbons (Fsp3) is 0.136. The standard InChI is InChI=1S/C22H20N4S/c1-16-5-4-6-17(13-16)14-21-24-12-10-19(26-21)20-8-9-22(27-20)25-15-18-7-2-3-11-23-18/h2-13,25H,14-15H2,1H3. The van der Waals surface area contributed by atoms with Crippen LogP contribution in [-0.2, 0) is 13.0 Å². The first-order valence-corrected chi connectivity index (χ1v) is 9.69. The van der Waals surface area contributed by atoms with Crippen LogP contribution in [0.5, 0.6) is 0 Å². The quantitative estimate of drug-likeness (QED) is 0.511. The number of aryl methyl sites for hydroxylation is 1. The van der Waals surface area contributed by atoms with Gasteiger partial charge >= 0.3 is 0 Å². The molecule has 0 amide bonds. The van der Waals surface area contributed by atoms with Crippen molar-refractivity contribution in [3.8, 4) is 10.6 Å². The molecule has 3 heterocycles. The lowest BCUT2D eigenvalue weighted by Gasteiger charge is -2.04. The molecule has 0 aliphatic carbocycles. The van der Waals surface area contributed by atoms with E-state index in [0.717, 1.165) is 33.5 Å². The molecule has 0 spiro atoms. The Balaban J connectivity index is 1.46. The Morgan fingerprint density at radius 2 is 1.89 bits per heavy atom. The van der Waals surface area contributed by atoms with Gasteiger partial charge in [0, 0.05) is 18.8 Å². The fourth-order valence-corrected chi connectivity index (χ4v) is 3.75. The van der Waals surface area contributed by atoms with Gasteiger partial charge in [-0.15, -0.1) is 11.3 Å². The molecule has 0 saturated carbocycles. The Labute approximate surface area is 163 Å². The molecule has 4 nitrogen and oxygen atoms in total. The summed E-state index contributed by atoms with van der Waals surface area (Å²) >= 11 is 1.69. The summed E-state index contributed by atoms with van der Waals surface area (Å²) in [7, 11) is 0. The SMILES string of the molecule is Cc1cccc(Cc2nccc(-c3ccc(NCc4ccccn4)s3)n2)c1. The molecule has 4 aromatic rings. The van der Waals surface area contributed by atoms with Crippen LogP contribution in [0.2, 0.25) is 0 Å². The maximum Gasteiger partial charge on any atom is 0.133 e. The maximum atomic E-state index is 4.76. The van der Waals surface area contributed by atoms with E-state index in [1.54, 1.807) is 11.3 Å². The zero-order chi connectivity index (χ0) is 18.5. The summed E-state index contributed by atoms with van der Waals surface area (Å²) in [5, 5.41) is 4.53. The van der Waals surface area contributed by atoms with Crippen LogP contribution < -0.4 is 5.32 Å². The van der Waals surface area contributed by atoms with E-state index < -0.39 is 0 Å². The molecule has 0 fully saturated rings. The second-order valence-electron chi connectivity index (χ2n) is 6.36. The highest BCUT2D eigenvalue weighted by Gasteiger charge is 2.07. The smallest absolute Gasteiger partial charge is 0.133 e. The summed E-state index contributed by atoms with van der Waals surface area (Å²) < 4.78 is 0. The Hall–Kier alpha value is -3.05. The molecule has 0 saturated heterocycles. The van der Waals surface area contributed by atoms with Crippen molar-refractivity contribution in [2.45, 2.75) is 19.9 Å². The second-order valence-corrected chi connectivity index (χ2v) is 7.45. The van der Waals surface area contributed by atoms with Crippen LogP contribution in [0.15, 0.2) is 73.1 Å². The zero-order valence-corrected chi connectivity index (χ0v) is 15.9. The van der Waals surface area contributed by atoms with Crippen LogP contribution in [0.25, 0.3) is 10.6 Å². The van der Waals surface area contributed by atoms with Crippen molar-refractivity contribution in [3.05, 3.63) is 95.7 Å². The average molecular weight is 372 g/mol. The van der Waals surface area contributed by atoms with E-state index in [-0.39, 0.29) is 0 Å². The molecule has 1 aromatic carbocycles. The van der Waals surface area contributed by atoms with Gasteiger partial charge in [0.1, 0.15) is 5.82 Å². The number of rotatable bonds is 6. The van der Waals surface area contributed by atoms with E-state index in [0.29, 0.717) is 6.54 Å². The molecule has 5 heteroatoms. The average Bonchev–Trinajstić information content (AvgIpc) is 3.17. The lowest BCUT2D eigenvalue weighted by Crippen LogP contribution is -1.99. The molecule has 4 rings (SSSR count). The molecular formula is C22H20N4S. The van der Waals surface area contributed by atoms with Crippen molar-refractivity contribution in [1.82, 2.24) is 15.0 Å². The van der Waals surface area contributed by atoms with Crippen molar-refractivity contribution in [2.24, 2.45) is 0 Å². The third-order valence-electron chi connectivity index (χ3n) is 4.18. The third-order valence-corrected chi connectivity index (χ3v) is 5.24. The molecular weight excluding hydrogens is 352 g/mol. The van der Waals surface area contributed by atoms with E-state index in [1.807, 2.05) is 36.7 Å². The number of pyridine rings is 1. The van der Waals surface area contributed by atoms with Gasteiger partial charge in [0.2, 0.25) is 0 Å². The first-order valence-electron chi connectivity index (χ1n) is 8.88. The highest BCUT2D eigenvalue weighted by molar-refractivity contribution is 7.19. The van der Waals surface area contributed by atoms with Crippen molar-refractivity contribution in [2.75, 3.05) is 5.32 Å². The number of benzene rings is 1. The van der Waals surface area contributed by atoms with Gasteiger partial charge in [0.25, 0.3) is 0 Å². The van der Waals surface area contributed by atoms with Crippen molar-refractivity contribution in [3.63, 3.8) is 0 Å². The maximum absolute atomic E-state index is 4.76. The Kier molecular flexibility index (Phi) is 5.21. The monoisotopic (exact) mass is 372 g/mol. The number of nitrogens with one attached hydrogen (secondary N) is 1. The van der Waals surface area contributed by atoms with Gasteiger partial charge in [-0.3, -0.25) is 4.98 Å². The largest absolute Gasteiger partial charge is 0.371 e. The van der Waals surface area contributed by atoms with Crippen LogP contribution in [-0.4, -0.2) is 15.0 Å². The molecule has 0 bridgehead atoms. The summed E-state index contributed by atoms with van der Waals surface area (Å²) in [4.78, 5) is 14.7. The molecule has 0 atom stereocenters. The lowest BCUT2D eigenvalue weighted by molar-refractivity contribution is 0.972. The number of hydrogen-bond donors (Lipinski definition) is 1. The van der Waals surface area contributed by atoms with Gasteiger partial charge in [-0.25, -0.2) is 9.97 Å².